The highest BCUT2D eigenvalue weighted by molar-refractivity contribution is 7.47. The molecular weight excluding hydrogens is 888 g/mol. The van der Waals surface area contributed by atoms with Crippen LogP contribution in [0.2, 0.25) is 0 Å². The summed E-state index contributed by atoms with van der Waals surface area (Å²) in [4.78, 5) is 23.3. The summed E-state index contributed by atoms with van der Waals surface area (Å²) < 4.78 is 23.7. The number of quaternary nitrogens is 1. The van der Waals surface area contributed by atoms with Crippen molar-refractivity contribution < 1.29 is 32.9 Å². The number of aliphatic hydroxyl groups excluding tert-OH is 1. The molecule has 0 aromatic heterocycles. The standard InChI is InChI=1S/C61H119N2O6P/c1-6-8-10-12-14-16-18-20-22-24-25-26-27-28-29-30-31-32-33-34-35-36-37-38-39-40-42-44-46-48-50-52-54-60(64)59(58-69-70(66,67)68-57-56-63(3,4)5)62-61(65)55-53-51-49-47-45-43-41-23-21-19-17-15-13-11-9-7-2/h23,41,44,46,52,54,59-60,64H,6-22,24-40,42-43,45,47-51,53,55-58H2,1-5H3,(H-,62,65,66,67)/p+1/b41-23-,46-44+,54-52+. The van der Waals surface area contributed by atoms with Crippen LogP contribution in [-0.2, 0) is 18.4 Å². The number of hydrogen-bond donors (Lipinski definition) is 3. The van der Waals surface area contributed by atoms with Gasteiger partial charge in [0.15, 0.2) is 0 Å². The Bertz CT molecular complexity index is 1230. The molecule has 0 aromatic rings. The molecule has 0 radical (unpaired) electrons. The lowest BCUT2D eigenvalue weighted by atomic mass is 10.0. The maximum atomic E-state index is 12.9. The van der Waals surface area contributed by atoms with Crippen LogP contribution in [0.1, 0.15) is 296 Å². The van der Waals surface area contributed by atoms with Crippen molar-refractivity contribution >= 4 is 13.7 Å². The first-order chi connectivity index (χ1) is 34.0. The Morgan fingerprint density at radius 2 is 0.786 bits per heavy atom. The van der Waals surface area contributed by atoms with Crippen LogP contribution in [0.3, 0.4) is 0 Å². The fourth-order valence-electron chi connectivity index (χ4n) is 9.06. The normalized spacial score (nSPS) is 14.1. The molecule has 0 rings (SSSR count). The predicted molar refractivity (Wildman–Crippen MR) is 304 cm³/mol. The van der Waals surface area contributed by atoms with E-state index in [0.29, 0.717) is 17.4 Å². The lowest BCUT2D eigenvalue weighted by molar-refractivity contribution is -0.870. The van der Waals surface area contributed by atoms with E-state index < -0.39 is 20.0 Å². The number of rotatable bonds is 56. The summed E-state index contributed by atoms with van der Waals surface area (Å²) in [5, 5.41) is 13.9. The first-order valence-electron chi connectivity index (χ1n) is 30.4. The summed E-state index contributed by atoms with van der Waals surface area (Å²) in [5.41, 5.74) is 0. The van der Waals surface area contributed by atoms with Gasteiger partial charge in [0, 0.05) is 6.42 Å². The molecule has 0 bridgehead atoms. The van der Waals surface area contributed by atoms with Crippen molar-refractivity contribution in [2.24, 2.45) is 0 Å². The molecule has 3 unspecified atom stereocenters. The Balaban J connectivity index is 4.12. The van der Waals surface area contributed by atoms with Gasteiger partial charge in [-0.15, -0.1) is 0 Å². The molecule has 8 nitrogen and oxygen atoms in total. The number of hydrogen-bond acceptors (Lipinski definition) is 5. The number of likely N-dealkylation sites (N-methyl/N-ethyl adjacent to an activating group) is 1. The fraction of sp³-hybridized carbons (Fsp3) is 0.885. The van der Waals surface area contributed by atoms with Crippen molar-refractivity contribution in [1.29, 1.82) is 0 Å². The molecule has 0 aromatic carbocycles. The number of phosphoric acid groups is 1. The lowest BCUT2D eigenvalue weighted by Gasteiger charge is -2.25. The number of allylic oxidation sites excluding steroid dienone is 5. The smallest absolute Gasteiger partial charge is 0.387 e. The second-order valence-electron chi connectivity index (χ2n) is 22.1. The quantitative estimate of drug-likeness (QED) is 0.0243. The van der Waals surface area contributed by atoms with Crippen molar-refractivity contribution in [3.05, 3.63) is 36.5 Å². The van der Waals surface area contributed by atoms with Gasteiger partial charge in [-0.05, 0) is 57.8 Å². The van der Waals surface area contributed by atoms with Gasteiger partial charge >= 0.3 is 7.82 Å². The molecule has 0 fully saturated rings. The second-order valence-corrected chi connectivity index (χ2v) is 23.5. The molecule has 0 aliphatic rings. The van der Waals surface area contributed by atoms with Crippen LogP contribution in [0.15, 0.2) is 36.5 Å². The van der Waals surface area contributed by atoms with E-state index in [-0.39, 0.29) is 19.1 Å². The molecule has 9 heteroatoms. The van der Waals surface area contributed by atoms with Gasteiger partial charge in [-0.1, -0.05) is 269 Å². The molecular formula is C61H120N2O6P+. The average Bonchev–Trinajstić information content (AvgIpc) is 3.32. The first-order valence-corrected chi connectivity index (χ1v) is 31.9. The van der Waals surface area contributed by atoms with E-state index in [1.807, 2.05) is 27.2 Å². The number of unbranched alkanes of at least 4 members (excludes halogenated alkanes) is 39. The van der Waals surface area contributed by atoms with E-state index >= 15 is 0 Å². The number of amides is 1. The van der Waals surface area contributed by atoms with Crippen molar-refractivity contribution in [1.82, 2.24) is 5.32 Å². The fourth-order valence-corrected chi connectivity index (χ4v) is 9.79. The molecule has 70 heavy (non-hydrogen) atoms. The highest BCUT2D eigenvalue weighted by Gasteiger charge is 2.27. The van der Waals surface area contributed by atoms with E-state index in [4.69, 9.17) is 9.05 Å². The first kappa shape index (κ1) is 68.7. The number of aliphatic hydroxyl groups is 1. The summed E-state index contributed by atoms with van der Waals surface area (Å²) in [6.45, 7) is 4.82. The molecule has 0 spiro atoms. The largest absolute Gasteiger partial charge is 0.472 e. The SMILES string of the molecule is CCCCCCCCC/C=C\CCCCCCCC(=O)NC(COP(=O)(O)OCC[N+](C)(C)C)C(O)/C=C/CC/C=C/CCCCCCCCCCCCCCCCCCCCCCCCCCCC. The summed E-state index contributed by atoms with van der Waals surface area (Å²) in [6.07, 6.45) is 68.5. The van der Waals surface area contributed by atoms with Gasteiger partial charge < -0.3 is 19.8 Å². The minimum atomic E-state index is -4.36. The van der Waals surface area contributed by atoms with Gasteiger partial charge in [-0.2, -0.15) is 0 Å². The summed E-state index contributed by atoms with van der Waals surface area (Å²) in [5.74, 6) is -0.193. The Kier molecular flexibility index (Phi) is 51.6. The Hall–Kier alpha value is -1.28. The molecule has 0 saturated carbocycles. The van der Waals surface area contributed by atoms with Gasteiger partial charge in [0.05, 0.1) is 39.9 Å². The van der Waals surface area contributed by atoms with Crippen LogP contribution in [0.4, 0.5) is 0 Å². The van der Waals surface area contributed by atoms with Crippen LogP contribution in [-0.4, -0.2) is 73.4 Å². The molecule has 3 atom stereocenters. The van der Waals surface area contributed by atoms with E-state index in [9.17, 15) is 19.4 Å². The van der Waals surface area contributed by atoms with Crippen LogP contribution < -0.4 is 5.32 Å². The minimum Gasteiger partial charge on any atom is -0.387 e. The number of nitrogens with one attached hydrogen (secondary N) is 1. The van der Waals surface area contributed by atoms with Crippen LogP contribution in [0.25, 0.3) is 0 Å². The lowest BCUT2D eigenvalue weighted by Crippen LogP contribution is -2.45. The highest BCUT2D eigenvalue weighted by atomic mass is 31.2. The predicted octanol–water partition coefficient (Wildman–Crippen LogP) is 18.5. The molecule has 1 amide bonds. The van der Waals surface area contributed by atoms with Crippen molar-refractivity contribution in [2.45, 2.75) is 309 Å². The number of phosphoric ester groups is 1. The topological polar surface area (TPSA) is 105 Å². The minimum absolute atomic E-state index is 0.0551. The molecule has 0 aliphatic heterocycles. The van der Waals surface area contributed by atoms with E-state index in [1.165, 1.54) is 225 Å². The van der Waals surface area contributed by atoms with Gasteiger partial charge in [-0.3, -0.25) is 13.8 Å². The van der Waals surface area contributed by atoms with E-state index in [1.54, 1.807) is 6.08 Å². The van der Waals surface area contributed by atoms with Crippen molar-refractivity contribution in [2.75, 3.05) is 40.9 Å². The zero-order chi connectivity index (χ0) is 51.3. The number of nitrogens with zero attached hydrogens (tertiary/aromatic N) is 1. The molecule has 0 heterocycles. The molecule has 3 N–H and O–H groups in total. The van der Waals surface area contributed by atoms with Crippen molar-refractivity contribution in [3.8, 4) is 0 Å². The van der Waals surface area contributed by atoms with Gasteiger partial charge in [-0.25, -0.2) is 4.57 Å². The third kappa shape index (κ3) is 54.5. The summed E-state index contributed by atoms with van der Waals surface area (Å²) >= 11 is 0. The molecule has 414 valence electrons. The van der Waals surface area contributed by atoms with E-state index in [2.05, 4.69) is 43.5 Å². The number of carbonyl (C=O) groups excluding carboxylic acids is 1. The summed E-state index contributed by atoms with van der Waals surface area (Å²) in [7, 11) is 1.56. The molecule has 0 saturated heterocycles. The Labute approximate surface area is 436 Å². The number of carbonyl (C=O) groups is 1. The van der Waals surface area contributed by atoms with E-state index in [0.717, 1.165) is 51.4 Å². The van der Waals surface area contributed by atoms with Gasteiger partial charge in [0.2, 0.25) is 5.91 Å². The van der Waals surface area contributed by atoms with Crippen LogP contribution in [0.5, 0.6) is 0 Å². The monoisotopic (exact) mass is 1010 g/mol. The third-order valence-corrected chi connectivity index (χ3v) is 14.8. The summed E-state index contributed by atoms with van der Waals surface area (Å²) in [6, 6.07) is -0.868. The highest BCUT2D eigenvalue weighted by Crippen LogP contribution is 2.43. The van der Waals surface area contributed by atoms with Gasteiger partial charge in [0.25, 0.3) is 0 Å². The Morgan fingerprint density at radius 3 is 1.14 bits per heavy atom. The van der Waals surface area contributed by atoms with Crippen LogP contribution in [0, 0.1) is 0 Å². The zero-order valence-corrected chi connectivity index (χ0v) is 48.2. The van der Waals surface area contributed by atoms with Crippen molar-refractivity contribution in [3.63, 3.8) is 0 Å². The Morgan fingerprint density at radius 1 is 0.471 bits per heavy atom. The second kappa shape index (κ2) is 52.6. The average molecular weight is 1010 g/mol. The zero-order valence-electron chi connectivity index (χ0n) is 47.3. The maximum absolute atomic E-state index is 12.9. The third-order valence-electron chi connectivity index (χ3n) is 13.8. The van der Waals surface area contributed by atoms with Gasteiger partial charge in [0.1, 0.15) is 13.2 Å². The maximum Gasteiger partial charge on any atom is 0.472 e. The van der Waals surface area contributed by atoms with Crippen LogP contribution >= 0.6 is 7.82 Å². The molecule has 0 aliphatic carbocycles.